The molecule has 0 saturated carbocycles. The van der Waals surface area contributed by atoms with Crippen LogP contribution in [-0.4, -0.2) is 29.7 Å². The Labute approximate surface area is 75.7 Å². The molecule has 0 saturated heterocycles. The Balaban J connectivity index is 2.31. The Morgan fingerprint density at radius 3 is 2.83 bits per heavy atom. The first-order valence-electron chi connectivity index (χ1n) is 3.81. The van der Waals surface area contributed by atoms with Gasteiger partial charge in [-0.25, -0.2) is 0 Å². The monoisotopic (exact) mass is 188 g/mol. The van der Waals surface area contributed by atoms with Gasteiger partial charge in [0.2, 0.25) is 0 Å². The predicted octanol–water partition coefficient (Wildman–Crippen LogP) is 1.13. The quantitative estimate of drug-likeness (QED) is 0.650. The van der Waals surface area contributed by atoms with Gasteiger partial charge >= 0.3 is 6.01 Å². The van der Waals surface area contributed by atoms with Gasteiger partial charge in [-0.2, -0.15) is 4.98 Å². The molecule has 1 aromatic heterocycles. The lowest BCUT2D eigenvalue weighted by atomic mass is 10.5. The number of hydrogen-bond donors (Lipinski definition) is 0. The molecule has 5 heteroatoms. The maximum atomic E-state index is 5.19. The van der Waals surface area contributed by atoms with Crippen molar-refractivity contribution in [2.75, 3.05) is 20.3 Å². The summed E-state index contributed by atoms with van der Waals surface area (Å²) in [4.78, 5) is 4.13. The number of aromatic nitrogens is 2. The third kappa shape index (κ3) is 2.75. The molecule has 0 aliphatic rings. The van der Waals surface area contributed by atoms with E-state index in [0.717, 1.165) is 11.4 Å². The highest BCUT2D eigenvalue weighted by molar-refractivity contribution is 7.05. The van der Waals surface area contributed by atoms with Crippen LogP contribution in [0.5, 0.6) is 6.01 Å². The third-order valence-corrected chi connectivity index (χ3v) is 2.11. The van der Waals surface area contributed by atoms with Crippen LogP contribution in [0.4, 0.5) is 0 Å². The summed E-state index contributed by atoms with van der Waals surface area (Å²) in [5.74, 6) is 0. The summed E-state index contributed by atoms with van der Waals surface area (Å²) in [6.07, 6.45) is 0.908. The lowest BCUT2D eigenvalue weighted by Crippen LogP contribution is -2.05. The van der Waals surface area contributed by atoms with Crippen molar-refractivity contribution in [1.82, 2.24) is 9.36 Å². The van der Waals surface area contributed by atoms with E-state index < -0.39 is 0 Å². The maximum Gasteiger partial charge on any atom is 0.328 e. The molecule has 0 amide bonds. The molecule has 0 atom stereocenters. The summed E-state index contributed by atoms with van der Waals surface area (Å²) >= 11 is 1.38. The van der Waals surface area contributed by atoms with Gasteiger partial charge in [0.05, 0.1) is 6.61 Å². The SMILES string of the molecule is CCc1nc(OCCOC)ns1. The zero-order valence-corrected chi connectivity index (χ0v) is 8.06. The minimum absolute atomic E-state index is 0.467. The lowest BCUT2D eigenvalue weighted by Gasteiger charge is -1.98. The molecule has 4 nitrogen and oxygen atoms in total. The van der Waals surface area contributed by atoms with Crippen molar-refractivity contribution in [2.45, 2.75) is 13.3 Å². The smallest absolute Gasteiger partial charge is 0.328 e. The highest BCUT2D eigenvalue weighted by Crippen LogP contribution is 2.10. The fraction of sp³-hybridized carbons (Fsp3) is 0.714. The molecule has 0 fully saturated rings. The Bertz CT molecular complexity index is 227. The normalized spacial score (nSPS) is 10.2. The molecular formula is C7H12N2O2S. The van der Waals surface area contributed by atoms with E-state index >= 15 is 0 Å². The second-order valence-corrected chi connectivity index (χ2v) is 3.00. The third-order valence-electron chi connectivity index (χ3n) is 1.27. The summed E-state index contributed by atoms with van der Waals surface area (Å²) in [6, 6.07) is 0.467. The number of rotatable bonds is 5. The van der Waals surface area contributed by atoms with Crippen LogP contribution in [-0.2, 0) is 11.2 Å². The van der Waals surface area contributed by atoms with Gasteiger partial charge in [0.1, 0.15) is 11.6 Å². The van der Waals surface area contributed by atoms with Crippen LogP contribution < -0.4 is 4.74 Å². The average molecular weight is 188 g/mol. The molecule has 1 rings (SSSR count). The van der Waals surface area contributed by atoms with Crippen molar-refractivity contribution in [3.8, 4) is 6.01 Å². The van der Waals surface area contributed by atoms with E-state index in [1.54, 1.807) is 7.11 Å². The van der Waals surface area contributed by atoms with Gasteiger partial charge in [0, 0.05) is 7.11 Å². The predicted molar refractivity (Wildman–Crippen MR) is 46.7 cm³/mol. The molecular weight excluding hydrogens is 176 g/mol. The minimum Gasteiger partial charge on any atom is -0.460 e. The van der Waals surface area contributed by atoms with E-state index in [0.29, 0.717) is 19.2 Å². The molecule has 68 valence electrons. The fourth-order valence-corrected chi connectivity index (χ4v) is 1.18. The number of aryl methyl sites for hydroxylation is 1. The zero-order valence-electron chi connectivity index (χ0n) is 7.24. The van der Waals surface area contributed by atoms with Crippen LogP contribution in [0.3, 0.4) is 0 Å². The standard InChI is InChI=1S/C7H12N2O2S/c1-3-6-8-7(9-12-6)11-5-4-10-2/h3-5H2,1-2H3. The van der Waals surface area contributed by atoms with Crippen molar-refractivity contribution in [3.05, 3.63) is 5.01 Å². The fourth-order valence-electron chi connectivity index (χ4n) is 0.658. The van der Waals surface area contributed by atoms with E-state index in [9.17, 15) is 0 Å². The highest BCUT2D eigenvalue weighted by atomic mass is 32.1. The summed E-state index contributed by atoms with van der Waals surface area (Å²) in [5.41, 5.74) is 0. The van der Waals surface area contributed by atoms with Crippen molar-refractivity contribution >= 4 is 11.5 Å². The molecule has 1 heterocycles. The van der Waals surface area contributed by atoms with Crippen LogP contribution in [0.2, 0.25) is 0 Å². The number of methoxy groups -OCH3 is 1. The minimum atomic E-state index is 0.467. The zero-order chi connectivity index (χ0) is 8.81. The lowest BCUT2D eigenvalue weighted by molar-refractivity contribution is 0.141. The van der Waals surface area contributed by atoms with Crippen molar-refractivity contribution in [2.24, 2.45) is 0 Å². The van der Waals surface area contributed by atoms with E-state index in [2.05, 4.69) is 9.36 Å². The second kappa shape index (κ2) is 5.05. The van der Waals surface area contributed by atoms with Gasteiger partial charge in [-0.15, -0.1) is 4.37 Å². The summed E-state index contributed by atoms with van der Waals surface area (Å²) in [6.45, 7) is 3.12. The molecule has 0 spiro atoms. The summed E-state index contributed by atoms with van der Waals surface area (Å²) in [7, 11) is 1.63. The number of hydrogen-bond acceptors (Lipinski definition) is 5. The molecule has 0 radical (unpaired) electrons. The Morgan fingerprint density at radius 1 is 1.42 bits per heavy atom. The van der Waals surface area contributed by atoms with Crippen LogP contribution in [0, 0.1) is 0 Å². The first kappa shape index (κ1) is 9.41. The van der Waals surface area contributed by atoms with Crippen LogP contribution in [0.15, 0.2) is 0 Å². The van der Waals surface area contributed by atoms with Crippen LogP contribution in [0.1, 0.15) is 11.9 Å². The Hall–Kier alpha value is -0.680. The second-order valence-electron chi connectivity index (χ2n) is 2.17. The Morgan fingerprint density at radius 2 is 2.25 bits per heavy atom. The van der Waals surface area contributed by atoms with Gasteiger partial charge in [-0.3, -0.25) is 0 Å². The summed E-state index contributed by atoms with van der Waals surface area (Å²) in [5, 5.41) is 1.00. The molecule has 0 aliphatic heterocycles. The van der Waals surface area contributed by atoms with Gasteiger partial charge in [-0.1, -0.05) is 6.92 Å². The summed E-state index contributed by atoms with van der Waals surface area (Å²) < 4.78 is 14.0. The average Bonchev–Trinajstić information content (AvgIpc) is 2.53. The van der Waals surface area contributed by atoms with E-state index in [-0.39, 0.29) is 0 Å². The van der Waals surface area contributed by atoms with E-state index in [1.165, 1.54) is 11.5 Å². The van der Waals surface area contributed by atoms with Gasteiger partial charge in [-0.05, 0) is 18.0 Å². The van der Waals surface area contributed by atoms with Crippen LogP contribution >= 0.6 is 11.5 Å². The number of nitrogens with zero attached hydrogens (tertiary/aromatic N) is 2. The van der Waals surface area contributed by atoms with Crippen LogP contribution in [0.25, 0.3) is 0 Å². The first-order chi connectivity index (χ1) is 5.86. The molecule has 0 bridgehead atoms. The number of ether oxygens (including phenoxy) is 2. The molecule has 1 aromatic rings. The van der Waals surface area contributed by atoms with Crippen molar-refractivity contribution in [1.29, 1.82) is 0 Å². The Kier molecular flexibility index (Phi) is 3.96. The van der Waals surface area contributed by atoms with Gasteiger partial charge in [0.15, 0.2) is 0 Å². The topological polar surface area (TPSA) is 44.2 Å². The van der Waals surface area contributed by atoms with Crippen molar-refractivity contribution in [3.63, 3.8) is 0 Å². The van der Waals surface area contributed by atoms with Gasteiger partial charge in [0.25, 0.3) is 0 Å². The maximum absolute atomic E-state index is 5.19. The molecule has 0 unspecified atom stereocenters. The van der Waals surface area contributed by atoms with Crippen molar-refractivity contribution < 1.29 is 9.47 Å². The van der Waals surface area contributed by atoms with E-state index in [4.69, 9.17) is 9.47 Å². The van der Waals surface area contributed by atoms with Gasteiger partial charge < -0.3 is 9.47 Å². The molecule has 0 N–H and O–H groups in total. The first-order valence-corrected chi connectivity index (χ1v) is 4.58. The highest BCUT2D eigenvalue weighted by Gasteiger charge is 2.01. The largest absolute Gasteiger partial charge is 0.460 e. The van der Waals surface area contributed by atoms with E-state index in [1.807, 2.05) is 6.92 Å². The molecule has 0 aromatic carbocycles. The molecule has 0 aliphatic carbocycles. The molecule has 12 heavy (non-hydrogen) atoms.